The fraction of sp³-hybridized carbons (Fsp3) is 0.875. The van der Waals surface area contributed by atoms with Crippen LogP contribution in [0.3, 0.4) is 0 Å². The first-order valence-corrected chi connectivity index (χ1v) is 10.1. The van der Waals surface area contributed by atoms with Gasteiger partial charge < -0.3 is 22.5 Å². The van der Waals surface area contributed by atoms with E-state index in [0.29, 0.717) is 0 Å². The number of hydrogen-bond acceptors (Lipinski definition) is 6. The van der Waals surface area contributed by atoms with Gasteiger partial charge >= 0.3 is 11.9 Å². The molecule has 0 radical (unpaired) electrons. The molecule has 1 unspecified atom stereocenters. The smallest absolute Gasteiger partial charge is 0.325 e. The van der Waals surface area contributed by atoms with Gasteiger partial charge in [-0.05, 0) is 11.8 Å². The number of hydrogen-bond donors (Lipinski definition) is 5. The summed E-state index contributed by atoms with van der Waals surface area (Å²) < 4.78 is 28.7. The highest BCUT2D eigenvalue weighted by Crippen LogP contribution is 2.37. The molecule has 156 valence electrons. The highest BCUT2D eigenvalue weighted by atomic mass is 32.2. The monoisotopic (exact) mass is 398 g/mol. The minimum absolute atomic E-state index is 0. The van der Waals surface area contributed by atoms with Crippen molar-refractivity contribution in [2.24, 2.45) is 11.8 Å². The summed E-state index contributed by atoms with van der Waals surface area (Å²) in [6.07, 6.45) is 14.2. The Kier molecular flexibility index (Phi) is 13.5. The van der Waals surface area contributed by atoms with E-state index in [4.69, 9.17) is 14.8 Å². The molecule has 2 saturated carbocycles. The molecule has 0 spiro atoms. The molecule has 0 bridgehead atoms. The van der Waals surface area contributed by atoms with Crippen molar-refractivity contribution in [3.63, 3.8) is 0 Å². The second kappa shape index (κ2) is 13.0. The molecule has 9 N–H and O–H groups in total. The van der Waals surface area contributed by atoms with Crippen molar-refractivity contribution in [2.45, 2.75) is 75.9 Å². The SMILES string of the molecule is C1CCC(C2CCCCC2)CC1.N.N.O=C(O)CC(C(=O)O)S(=O)(=O)O. The van der Waals surface area contributed by atoms with Gasteiger partial charge in [0.15, 0.2) is 5.25 Å². The summed E-state index contributed by atoms with van der Waals surface area (Å²) >= 11 is 0. The molecule has 0 saturated heterocycles. The minimum atomic E-state index is -4.84. The third kappa shape index (κ3) is 10.0. The van der Waals surface area contributed by atoms with Gasteiger partial charge in [-0.1, -0.05) is 64.2 Å². The largest absolute Gasteiger partial charge is 0.481 e. The topological polar surface area (TPSA) is 199 Å². The Morgan fingerprint density at radius 2 is 1.15 bits per heavy atom. The molecule has 2 fully saturated rings. The first-order chi connectivity index (χ1) is 11.2. The lowest BCUT2D eigenvalue weighted by Gasteiger charge is -2.32. The summed E-state index contributed by atoms with van der Waals surface area (Å²) in [5.41, 5.74) is 0. The lowest BCUT2D eigenvalue weighted by molar-refractivity contribution is -0.143. The van der Waals surface area contributed by atoms with Crippen LogP contribution in [-0.4, -0.2) is 40.4 Å². The van der Waals surface area contributed by atoms with E-state index in [-0.39, 0.29) is 12.3 Å². The zero-order valence-corrected chi connectivity index (χ0v) is 16.1. The summed E-state index contributed by atoms with van der Waals surface area (Å²) in [4.78, 5) is 20.0. The van der Waals surface area contributed by atoms with Crippen LogP contribution in [0.2, 0.25) is 0 Å². The standard InChI is InChI=1S/C12H22.C4H6O7S.2H3N/c1-3-7-11(8-4-1)12-9-5-2-6-10-12;5-3(6)1-2(4(7)8)12(9,10)11;;/h11-12H,1-10H2;2H,1H2,(H,5,6)(H,7,8)(H,9,10,11);2*1H3. The van der Waals surface area contributed by atoms with E-state index >= 15 is 0 Å². The highest BCUT2D eigenvalue weighted by molar-refractivity contribution is 7.87. The number of carbonyl (C=O) groups is 2. The van der Waals surface area contributed by atoms with Crippen LogP contribution < -0.4 is 12.3 Å². The Morgan fingerprint density at radius 1 is 0.808 bits per heavy atom. The van der Waals surface area contributed by atoms with E-state index < -0.39 is 33.7 Å². The van der Waals surface area contributed by atoms with E-state index in [2.05, 4.69) is 0 Å². The molecule has 9 nitrogen and oxygen atoms in total. The Hall–Kier alpha value is -1.23. The van der Waals surface area contributed by atoms with Gasteiger partial charge in [0.2, 0.25) is 0 Å². The van der Waals surface area contributed by atoms with Crippen LogP contribution in [0, 0.1) is 11.8 Å². The maximum absolute atomic E-state index is 10.2. The van der Waals surface area contributed by atoms with Gasteiger partial charge in [-0.2, -0.15) is 8.42 Å². The summed E-state index contributed by atoms with van der Waals surface area (Å²) in [6.45, 7) is 0. The lowest BCUT2D eigenvalue weighted by atomic mass is 9.73. The number of carboxylic acids is 2. The Morgan fingerprint density at radius 3 is 1.35 bits per heavy atom. The van der Waals surface area contributed by atoms with Crippen LogP contribution in [-0.2, 0) is 19.7 Å². The molecule has 0 heterocycles. The van der Waals surface area contributed by atoms with Gasteiger partial charge in [-0.3, -0.25) is 14.1 Å². The molecule has 2 aliphatic carbocycles. The van der Waals surface area contributed by atoms with E-state index in [1.54, 1.807) is 25.7 Å². The van der Waals surface area contributed by atoms with Crippen LogP contribution >= 0.6 is 0 Å². The molecule has 0 aromatic rings. The van der Waals surface area contributed by atoms with Gasteiger partial charge in [0, 0.05) is 0 Å². The van der Waals surface area contributed by atoms with E-state index in [0.717, 1.165) is 11.8 Å². The molecule has 0 aromatic heterocycles. The normalized spacial score (nSPS) is 19.7. The first kappa shape index (κ1) is 27.0. The summed E-state index contributed by atoms with van der Waals surface area (Å²) in [7, 11) is -4.84. The fourth-order valence-electron chi connectivity index (χ4n) is 3.69. The Labute approximate surface area is 155 Å². The van der Waals surface area contributed by atoms with Gasteiger partial charge in [0.25, 0.3) is 10.1 Å². The van der Waals surface area contributed by atoms with Crippen molar-refractivity contribution < 1.29 is 32.8 Å². The van der Waals surface area contributed by atoms with Gasteiger partial charge in [-0.15, -0.1) is 0 Å². The molecule has 0 amide bonds. The number of aliphatic carboxylic acids is 2. The molecule has 2 rings (SSSR count). The molecular weight excluding hydrogens is 364 g/mol. The van der Waals surface area contributed by atoms with Crippen LogP contribution in [0.15, 0.2) is 0 Å². The van der Waals surface area contributed by atoms with E-state index in [9.17, 15) is 18.0 Å². The average molecular weight is 399 g/mol. The quantitative estimate of drug-likeness (QED) is 0.431. The zero-order chi connectivity index (χ0) is 18.2. The van der Waals surface area contributed by atoms with Crippen molar-refractivity contribution in [3.8, 4) is 0 Å². The number of carboxylic acid groups (broad SMARTS) is 2. The van der Waals surface area contributed by atoms with Crippen molar-refractivity contribution in [1.29, 1.82) is 0 Å². The van der Waals surface area contributed by atoms with E-state index in [1.807, 2.05) is 0 Å². The predicted molar refractivity (Wildman–Crippen MR) is 98.4 cm³/mol. The lowest BCUT2D eigenvalue weighted by Crippen LogP contribution is -2.31. The second-order valence-electron chi connectivity index (χ2n) is 6.74. The average Bonchev–Trinajstić information content (AvgIpc) is 2.53. The third-order valence-corrected chi connectivity index (χ3v) is 6.05. The molecule has 2 aliphatic rings. The van der Waals surface area contributed by atoms with Crippen molar-refractivity contribution >= 4 is 22.1 Å². The van der Waals surface area contributed by atoms with Crippen LogP contribution in [0.5, 0.6) is 0 Å². The van der Waals surface area contributed by atoms with Gasteiger partial charge in [0.1, 0.15) is 0 Å². The maximum atomic E-state index is 10.2. The van der Waals surface area contributed by atoms with Crippen LogP contribution in [0.25, 0.3) is 0 Å². The first-order valence-electron chi connectivity index (χ1n) is 8.62. The highest BCUT2D eigenvalue weighted by Gasteiger charge is 2.33. The summed E-state index contributed by atoms with van der Waals surface area (Å²) in [5.74, 6) is -1.22. The minimum Gasteiger partial charge on any atom is -0.481 e. The third-order valence-electron chi connectivity index (χ3n) is 4.96. The molecule has 26 heavy (non-hydrogen) atoms. The Balaban J connectivity index is 0. The van der Waals surface area contributed by atoms with Crippen molar-refractivity contribution in [1.82, 2.24) is 12.3 Å². The Bertz CT molecular complexity index is 497. The molecule has 0 aliphatic heterocycles. The summed E-state index contributed by atoms with van der Waals surface area (Å²) in [6, 6.07) is 0. The maximum Gasteiger partial charge on any atom is 0.325 e. The second-order valence-corrected chi connectivity index (χ2v) is 8.33. The number of rotatable bonds is 5. The molecule has 10 heteroatoms. The van der Waals surface area contributed by atoms with Gasteiger partial charge in [-0.25, -0.2) is 0 Å². The van der Waals surface area contributed by atoms with Crippen molar-refractivity contribution in [3.05, 3.63) is 0 Å². The zero-order valence-electron chi connectivity index (χ0n) is 15.3. The van der Waals surface area contributed by atoms with Gasteiger partial charge in [0.05, 0.1) is 6.42 Å². The summed E-state index contributed by atoms with van der Waals surface area (Å²) in [5, 5.41) is 13.9. The van der Waals surface area contributed by atoms with Crippen LogP contribution in [0.4, 0.5) is 0 Å². The van der Waals surface area contributed by atoms with E-state index in [1.165, 1.54) is 38.5 Å². The molecule has 1 atom stereocenters. The van der Waals surface area contributed by atoms with Crippen molar-refractivity contribution in [2.75, 3.05) is 0 Å². The fourth-order valence-corrected chi connectivity index (χ4v) is 4.30. The molecular formula is C16H34N2O7S. The van der Waals surface area contributed by atoms with Crippen LogP contribution in [0.1, 0.15) is 70.6 Å². The predicted octanol–water partition coefficient (Wildman–Crippen LogP) is 3.27. The molecule has 0 aromatic carbocycles.